The van der Waals surface area contributed by atoms with Crippen molar-refractivity contribution in [2.75, 3.05) is 5.75 Å². The van der Waals surface area contributed by atoms with Crippen LogP contribution in [0.5, 0.6) is 0 Å². The number of thioether (sulfide) groups is 1. The molecule has 1 aliphatic rings. The fraction of sp³-hybridized carbons (Fsp3) is 0.417. The van der Waals surface area contributed by atoms with Gasteiger partial charge in [-0.1, -0.05) is 71.4 Å². The Bertz CT molecular complexity index is 958. The van der Waals surface area contributed by atoms with Crippen LogP contribution in [-0.4, -0.2) is 34.6 Å². The van der Waals surface area contributed by atoms with E-state index in [0.29, 0.717) is 31.4 Å². The Morgan fingerprint density at radius 2 is 1.48 bits per heavy atom. The van der Waals surface area contributed by atoms with Crippen molar-refractivity contribution in [1.82, 2.24) is 10.2 Å². The first-order valence-corrected chi connectivity index (χ1v) is 13.5. The van der Waals surface area contributed by atoms with Gasteiger partial charge in [-0.3, -0.25) is 9.59 Å². The molecule has 0 heterocycles. The van der Waals surface area contributed by atoms with E-state index in [4.69, 9.17) is 46.4 Å². The van der Waals surface area contributed by atoms with Crippen molar-refractivity contribution in [1.29, 1.82) is 0 Å². The highest BCUT2D eigenvalue weighted by atomic mass is 35.5. The number of hydrogen-bond donors (Lipinski definition) is 1. The topological polar surface area (TPSA) is 49.4 Å². The fourth-order valence-electron chi connectivity index (χ4n) is 3.82. The summed E-state index contributed by atoms with van der Waals surface area (Å²) in [6.45, 7) is 1.88. The fourth-order valence-corrected chi connectivity index (χ4v) is 5.99. The van der Waals surface area contributed by atoms with Gasteiger partial charge in [0.15, 0.2) is 0 Å². The molecule has 1 atom stereocenters. The summed E-state index contributed by atoms with van der Waals surface area (Å²) in [5.74, 6) is 0.281. The second-order valence-corrected chi connectivity index (χ2v) is 10.7. The standard InChI is InChI=1S/C24H26Cl4N2O2S/c1-15(24(32)29-16-6-2-3-7-16)30(12-17-19(25)8-4-9-20(17)26)23(31)14-33-13-18-21(27)10-5-11-22(18)28/h4-5,8-11,15-16H,2-3,6-7,12-14H2,1H3,(H,29,32)/t15-/m1/s1. The molecule has 1 N–H and O–H groups in total. The van der Waals surface area contributed by atoms with Crippen molar-refractivity contribution in [3.8, 4) is 0 Å². The molecule has 178 valence electrons. The third-order valence-electron chi connectivity index (χ3n) is 5.79. The minimum absolute atomic E-state index is 0.143. The molecule has 2 aromatic carbocycles. The molecule has 2 amide bonds. The number of nitrogens with zero attached hydrogens (tertiary/aromatic N) is 1. The van der Waals surface area contributed by atoms with Gasteiger partial charge >= 0.3 is 0 Å². The molecule has 0 bridgehead atoms. The van der Waals surface area contributed by atoms with Crippen LogP contribution in [0.1, 0.15) is 43.7 Å². The lowest BCUT2D eigenvalue weighted by Crippen LogP contribution is -2.50. The molecule has 0 unspecified atom stereocenters. The zero-order chi connectivity index (χ0) is 24.0. The second-order valence-electron chi connectivity index (χ2n) is 8.08. The van der Waals surface area contributed by atoms with E-state index in [0.717, 1.165) is 31.2 Å². The molecular weight excluding hydrogens is 522 g/mol. The predicted octanol–water partition coefficient (Wildman–Crippen LogP) is 7.01. The SMILES string of the molecule is C[C@H](C(=O)NC1CCCC1)N(Cc1c(Cl)cccc1Cl)C(=O)CSCc1c(Cl)cccc1Cl. The first-order valence-electron chi connectivity index (χ1n) is 10.8. The Kier molecular flexibility index (Phi) is 10.1. The van der Waals surface area contributed by atoms with Gasteiger partial charge in [-0.2, -0.15) is 0 Å². The van der Waals surface area contributed by atoms with Crippen LogP contribution < -0.4 is 5.32 Å². The van der Waals surface area contributed by atoms with Gasteiger partial charge in [-0.15, -0.1) is 11.8 Å². The molecule has 1 aliphatic carbocycles. The normalized spacial score (nSPS) is 14.8. The van der Waals surface area contributed by atoms with Gasteiger partial charge in [0.05, 0.1) is 5.75 Å². The molecule has 33 heavy (non-hydrogen) atoms. The van der Waals surface area contributed by atoms with E-state index >= 15 is 0 Å². The first kappa shape index (κ1) is 26.5. The molecule has 0 aliphatic heterocycles. The number of nitrogens with one attached hydrogen (secondary N) is 1. The molecule has 0 radical (unpaired) electrons. The van der Waals surface area contributed by atoms with E-state index in [1.54, 1.807) is 48.2 Å². The zero-order valence-electron chi connectivity index (χ0n) is 18.3. The number of rotatable bonds is 9. The number of benzene rings is 2. The van der Waals surface area contributed by atoms with Crippen LogP contribution in [0.4, 0.5) is 0 Å². The number of halogens is 4. The summed E-state index contributed by atoms with van der Waals surface area (Å²) in [5.41, 5.74) is 1.40. The maximum absolute atomic E-state index is 13.3. The lowest BCUT2D eigenvalue weighted by atomic mass is 10.1. The molecule has 4 nitrogen and oxygen atoms in total. The number of amides is 2. The first-order chi connectivity index (χ1) is 15.8. The quantitative estimate of drug-likeness (QED) is 0.367. The molecule has 0 aromatic heterocycles. The van der Waals surface area contributed by atoms with E-state index in [2.05, 4.69) is 5.32 Å². The van der Waals surface area contributed by atoms with Gasteiger partial charge in [0.2, 0.25) is 11.8 Å². The molecule has 0 spiro atoms. The summed E-state index contributed by atoms with van der Waals surface area (Å²) in [7, 11) is 0. The van der Waals surface area contributed by atoms with Gasteiger partial charge in [-0.25, -0.2) is 0 Å². The van der Waals surface area contributed by atoms with E-state index in [1.807, 2.05) is 0 Å². The van der Waals surface area contributed by atoms with E-state index in [-0.39, 0.29) is 30.2 Å². The van der Waals surface area contributed by atoms with Crippen LogP contribution in [0, 0.1) is 0 Å². The van der Waals surface area contributed by atoms with Crippen LogP contribution in [0.2, 0.25) is 20.1 Å². The lowest BCUT2D eigenvalue weighted by molar-refractivity contribution is -0.138. The highest BCUT2D eigenvalue weighted by molar-refractivity contribution is 7.99. The maximum atomic E-state index is 13.3. The Labute approximate surface area is 219 Å². The van der Waals surface area contributed by atoms with Gasteiger partial charge in [0.25, 0.3) is 0 Å². The summed E-state index contributed by atoms with van der Waals surface area (Å²) in [6, 6.07) is 10.0. The maximum Gasteiger partial charge on any atom is 0.242 e. The summed E-state index contributed by atoms with van der Waals surface area (Å²) in [6.07, 6.45) is 4.16. The van der Waals surface area contributed by atoms with E-state index in [1.165, 1.54) is 11.8 Å². The average Bonchev–Trinajstić information content (AvgIpc) is 3.28. The van der Waals surface area contributed by atoms with E-state index in [9.17, 15) is 9.59 Å². The predicted molar refractivity (Wildman–Crippen MR) is 139 cm³/mol. The Morgan fingerprint density at radius 3 is 2.03 bits per heavy atom. The monoisotopic (exact) mass is 546 g/mol. The average molecular weight is 548 g/mol. The van der Waals surface area contributed by atoms with Crippen LogP contribution >= 0.6 is 58.2 Å². The summed E-state index contributed by atoms with van der Waals surface area (Å²) in [4.78, 5) is 27.8. The summed E-state index contributed by atoms with van der Waals surface area (Å²) < 4.78 is 0. The van der Waals surface area contributed by atoms with E-state index < -0.39 is 6.04 Å². The van der Waals surface area contributed by atoms with Gasteiger partial charge in [-0.05, 0) is 49.6 Å². The second kappa shape index (κ2) is 12.6. The summed E-state index contributed by atoms with van der Waals surface area (Å²) in [5, 5.41) is 5.12. The summed E-state index contributed by atoms with van der Waals surface area (Å²) >= 11 is 26.6. The molecule has 1 saturated carbocycles. The molecule has 0 saturated heterocycles. The Balaban J connectivity index is 1.73. The van der Waals surface area contributed by atoms with Crippen molar-refractivity contribution in [3.05, 3.63) is 67.6 Å². The van der Waals surface area contributed by atoms with Gasteiger partial charge < -0.3 is 10.2 Å². The minimum Gasteiger partial charge on any atom is -0.352 e. The highest BCUT2D eigenvalue weighted by Crippen LogP contribution is 2.30. The van der Waals surface area contributed by atoms with Crippen molar-refractivity contribution in [2.45, 2.75) is 57.0 Å². The third kappa shape index (κ3) is 7.19. The third-order valence-corrected chi connectivity index (χ3v) is 8.15. The number of hydrogen-bond acceptors (Lipinski definition) is 3. The Morgan fingerprint density at radius 1 is 0.970 bits per heavy atom. The van der Waals surface area contributed by atoms with Crippen molar-refractivity contribution < 1.29 is 9.59 Å². The van der Waals surface area contributed by atoms with Crippen molar-refractivity contribution >= 4 is 70.0 Å². The smallest absolute Gasteiger partial charge is 0.242 e. The van der Waals surface area contributed by atoms with Crippen molar-refractivity contribution in [3.63, 3.8) is 0 Å². The van der Waals surface area contributed by atoms with Crippen LogP contribution in [0.25, 0.3) is 0 Å². The van der Waals surface area contributed by atoms with Crippen LogP contribution in [0.15, 0.2) is 36.4 Å². The van der Waals surface area contributed by atoms with Gasteiger partial charge in [0.1, 0.15) is 6.04 Å². The number of carbonyl (C=O) groups is 2. The Hall–Kier alpha value is -1.11. The molecular formula is C24H26Cl4N2O2S. The van der Waals surface area contributed by atoms with Gasteiger partial charge in [0, 0.05) is 44.0 Å². The largest absolute Gasteiger partial charge is 0.352 e. The molecule has 2 aromatic rings. The van der Waals surface area contributed by atoms with Crippen LogP contribution in [-0.2, 0) is 21.9 Å². The number of carbonyl (C=O) groups excluding carboxylic acids is 2. The zero-order valence-corrected chi connectivity index (χ0v) is 22.1. The van der Waals surface area contributed by atoms with Crippen LogP contribution in [0.3, 0.4) is 0 Å². The molecule has 3 rings (SSSR count). The lowest BCUT2D eigenvalue weighted by Gasteiger charge is -2.30. The minimum atomic E-state index is -0.671. The van der Waals surface area contributed by atoms with Crippen molar-refractivity contribution in [2.24, 2.45) is 0 Å². The highest BCUT2D eigenvalue weighted by Gasteiger charge is 2.29. The molecule has 9 heteroatoms. The molecule has 1 fully saturated rings.